The molecule has 0 aromatic carbocycles. The predicted molar refractivity (Wildman–Crippen MR) is 73.2 cm³/mol. The van der Waals surface area contributed by atoms with Gasteiger partial charge in [0.2, 0.25) is 0 Å². The molecular weight excluding hydrogens is 248 g/mol. The lowest BCUT2D eigenvalue weighted by atomic mass is 10.3. The molecule has 0 rings (SSSR count). The molecule has 0 fully saturated rings. The second-order valence-corrected chi connectivity index (χ2v) is 5.05. The first kappa shape index (κ1) is 17.7. The van der Waals surface area contributed by atoms with Gasteiger partial charge in [-0.2, -0.15) is 0 Å². The van der Waals surface area contributed by atoms with E-state index in [4.69, 9.17) is 9.84 Å². The molecular formula is C13H26N2O4. The Labute approximate surface area is 115 Å². The summed E-state index contributed by atoms with van der Waals surface area (Å²) >= 11 is 0. The Kier molecular flexibility index (Phi) is 8.14. The molecule has 0 aromatic heterocycles. The number of hydrogen-bond acceptors (Lipinski definition) is 3. The van der Waals surface area contributed by atoms with Gasteiger partial charge in [-0.15, -0.1) is 0 Å². The van der Waals surface area contributed by atoms with Crippen LogP contribution >= 0.6 is 0 Å². The van der Waals surface area contributed by atoms with E-state index >= 15 is 0 Å². The summed E-state index contributed by atoms with van der Waals surface area (Å²) in [4.78, 5) is 25.9. The number of amides is 2. The zero-order valence-corrected chi connectivity index (χ0v) is 12.5. The van der Waals surface area contributed by atoms with Gasteiger partial charge in [-0.05, 0) is 27.7 Å². The molecule has 0 saturated heterocycles. The van der Waals surface area contributed by atoms with Crippen molar-refractivity contribution in [3.63, 3.8) is 0 Å². The molecule has 6 heteroatoms. The van der Waals surface area contributed by atoms with Gasteiger partial charge in [-0.1, -0.05) is 0 Å². The summed E-state index contributed by atoms with van der Waals surface area (Å²) in [6.07, 6.45) is 0.0944. The monoisotopic (exact) mass is 274 g/mol. The van der Waals surface area contributed by atoms with E-state index in [0.717, 1.165) is 0 Å². The van der Waals surface area contributed by atoms with Crippen molar-refractivity contribution in [2.75, 3.05) is 26.7 Å². The van der Waals surface area contributed by atoms with Gasteiger partial charge in [0.25, 0.3) is 0 Å². The van der Waals surface area contributed by atoms with Crippen molar-refractivity contribution in [1.29, 1.82) is 0 Å². The van der Waals surface area contributed by atoms with Crippen molar-refractivity contribution >= 4 is 12.0 Å². The fourth-order valence-corrected chi connectivity index (χ4v) is 1.53. The Morgan fingerprint density at radius 3 is 2.16 bits per heavy atom. The number of rotatable bonds is 8. The van der Waals surface area contributed by atoms with Crippen LogP contribution in [-0.4, -0.2) is 65.8 Å². The van der Waals surface area contributed by atoms with Gasteiger partial charge >= 0.3 is 12.0 Å². The van der Waals surface area contributed by atoms with Gasteiger partial charge in [-0.25, -0.2) is 4.79 Å². The molecule has 112 valence electrons. The lowest BCUT2D eigenvalue weighted by Crippen LogP contribution is -2.46. The summed E-state index contributed by atoms with van der Waals surface area (Å²) in [6, 6.07) is -0.191. The normalized spacial score (nSPS) is 10.9. The highest BCUT2D eigenvalue weighted by Crippen LogP contribution is 2.05. The molecule has 0 radical (unpaired) electrons. The SMILES string of the molecule is CC(C)OCCN(C)C(=O)N(CCC(=O)O)C(C)C. The van der Waals surface area contributed by atoms with Gasteiger partial charge < -0.3 is 19.6 Å². The van der Waals surface area contributed by atoms with Crippen LogP contribution in [0.3, 0.4) is 0 Å². The first-order chi connectivity index (χ1) is 8.75. The highest BCUT2D eigenvalue weighted by atomic mass is 16.5. The van der Waals surface area contributed by atoms with Crippen LogP contribution in [0.2, 0.25) is 0 Å². The average molecular weight is 274 g/mol. The van der Waals surface area contributed by atoms with Crippen molar-refractivity contribution in [2.24, 2.45) is 0 Å². The minimum Gasteiger partial charge on any atom is -0.481 e. The maximum Gasteiger partial charge on any atom is 0.320 e. The summed E-state index contributed by atoms with van der Waals surface area (Å²) in [6.45, 7) is 8.82. The maximum absolute atomic E-state index is 12.2. The van der Waals surface area contributed by atoms with Crippen LogP contribution in [0.25, 0.3) is 0 Å². The Balaban J connectivity index is 4.32. The third-order valence-corrected chi connectivity index (χ3v) is 2.64. The molecule has 2 amide bonds. The molecule has 0 saturated carbocycles. The van der Waals surface area contributed by atoms with Gasteiger partial charge in [0.05, 0.1) is 19.1 Å². The lowest BCUT2D eigenvalue weighted by Gasteiger charge is -2.31. The van der Waals surface area contributed by atoms with E-state index in [9.17, 15) is 9.59 Å². The number of hydrogen-bond donors (Lipinski definition) is 1. The van der Waals surface area contributed by atoms with Crippen LogP contribution in [0.5, 0.6) is 0 Å². The van der Waals surface area contributed by atoms with E-state index in [-0.39, 0.29) is 31.1 Å². The standard InChI is InChI=1S/C13H26N2O4/c1-10(2)15(7-6-12(16)17)13(18)14(5)8-9-19-11(3)4/h10-11H,6-9H2,1-5H3,(H,16,17). The quantitative estimate of drug-likeness (QED) is 0.730. The van der Waals surface area contributed by atoms with Gasteiger partial charge in [0.15, 0.2) is 0 Å². The number of carbonyl (C=O) groups is 2. The van der Waals surface area contributed by atoms with Gasteiger partial charge in [0.1, 0.15) is 0 Å². The van der Waals surface area contributed by atoms with E-state index in [2.05, 4.69) is 0 Å². The largest absolute Gasteiger partial charge is 0.481 e. The van der Waals surface area contributed by atoms with Gasteiger partial charge in [-0.3, -0.25) is 4.79 Å². The van der Waals surface area contributed by atoms with Crippen molar-refractivity contribution < 1.29 is 19.4 Å². The summed E-state index contributed by atoms with van der Waals surface area (Å²) in [5, 5.41) is 8.70. The average Bonchev–Trinajstić information content (AvgIpc) is 2.27. The maximum atomic E-state index is 12.2. The Hall–Kier alpha value is -1.30. The number of carboxylic acids is 1. The van der Waals surface area contributed by atoms with Gasteiger partial charge in [0, 0.05) is 26.2 Å². The number of urea groups is 1. The zero-order valence-electron chi connectivity index (χ0n) is 12.5. The predicted octanol–water partition coefficient (Wildman–Crippen LogP) is 1.65. The fraction of sp³-hybridized carbons (Fsp3) is 0.846. The van der Waals surface area contributed by atoms with Crippen LogP contribution in [0, 0.1) is 0 Å². The molecule has 6 nitrogen and oxygen atoms in total. The molecule has 0 aliphatic heterocycles. The molecule has 0 aliphatic carbocycles. The minimum atomic E-state index is -0.899. The number of nitrogens with zero attached hydrogens (tertiary/aromatic N) is 2. The molecule has 0 aliphatic rings. The molecule has 0 unspecified atom stereocenters. The Morgan fingerprint density at radius 1 is 1.16 bits per heavy atom. The van der Waals surface area contributed by atoms with E-state index < -0.39 is 5.97 Å². The van der Waals surface area contributed by atoms with Crippen molar-refractivity contribution in [1.82, 2.24) is 9.80 Å². The molecule has 0 spiro atoms. The highest BCUT2D eigenvalue weighted by Gasteiger charge is 2.21. The molecule has 19 heavy (non-hydrogen) atoms. The molecule has 0 atom stereocenters. The second kappa shape index (κ2) is 8.74. The number of carboxylic acid groups (broad SMARTS) is 1. The zero-order chi connectivity index (χ0) is 15.0. The lowest BCUT2D eigenvalue weighted by molar-refractivity contribution is -0.137. The van der Waals surface area contributed by atoms with Crippen molar-refractivity contribution in [3.05, 3.63) is 0 Å². The Bertz CT molecular complexity index is 292. The third kappa shape index (κ3) is 7.66. The van der Waals surface area contributed by atoms with E-state index in [1.165, 1.54) is 0 Å². The van der Waals surface area contributed by atoms with Crippen LogP contribution in [0.1, 0.15) is 34.1 Å². The minimum absolute atomic E-state index is 0.0275. The van der Waals surface area contributed by atoms with Crippen molar-refractivity contribution in [2.45, 2.75) is 46.3 Å². The first-order valence-corrected chi connectivity index (χ1v) is 6.60. The van der Waals surface area contributed by atoms with E-state index in [0.29, 0.717) is 13.2 Å². The summed E-state index contributed by atoms with van der Waals surface area (Å²) in [7, 11) is 1.70. The summed E-state index contributed by atoms with van der Waals surface area (Å²) in [5.74, 6) is -0.899. The summed E-state index contributed by atoms with van der Waals surface area (Å²) in [5.41, 5.74) is 0. The Morgan fingerprint density at radius 2 is 1.74 bits per heavy atom. The first-order valence-electron chi connectivity index (χ1n) is 6.60. The van der Waals surface area contributed by atoms with E-state index in [1.807, 2.05) is 27.7 Å². The van der Waals surface area contributed by atoms with Crippen LogP contribution in [-0.2, 0) is 9.53 Å². The second-order valence-electron chi connectivity index (χ2n) is 5.05. The number of ether oxygens (including phenoxy) is 1. The smallest absolute Gasteiger partial charge is 0.320 e. The topological polar surface area (TPSA) is 70.1 Å². The van der Waals surface area contributed by atoms with Crippen molar-refractivity contribution in [3.8, 4) is 0 Å². The number of aliphatic carboxylic acids is 1. The summed E-state index contributed by atoms with van der Waals surface area (Å²) < 4.78 is 5.39. The van der Waals surface area contributed by atoms with Crippen LogP contribution < -0.4 is 0 Å². The molecule has 0 bridgehead atoms. The number of carbonyl (C=O) groups excluding carboxylic acids is 1. The number of likely N-dealkylation sites (N-methyl/N-ethyl adjacent to an activating group) is 1. The molecule has 0 heterocycles. The molecule has 0 aromatic rings. The third-order valence-electron chi connectivity index (χ3n) is 2.64. The van der Waals surface area contributed by atoms with E-state index in [1.54, 1.807) is 16.8 Å². The molecule has 1 N–H and O–H groups in total. The van der Waals surface area contributed by atoms with Crippen LogP contribution in [0.4, 0.5) is 4.79 Å². The fourth-order valence-electron chi connectivity index (χ4n) is 1.53. The van der Waals surface area contributed by atoms with Crippen LogP contribution in [0.15, 0.2) is 0 Å². The highest BCUT2D eigenvalue weighted by molar-refractivity contribution is 5.75.